The monoisotopic (exact) mass is 180 g/mol. The van der Waals surface area contributed by atoms with Gasteiger partial charge >= 0.3 is 0 Å². The van der Waals surface area contributed by atoms with Gasteiger partial charge in [-0.3, -0.25) is 9.78 Å². The lowest BCUT2D eigenvalue weighted by Crippen LogP contribution is -2.09. The first-order chi connectivity index (χ1) is 6.15. The molecule has 13 heavy (non-hydrogen) atoms. The van der Waals surface area contributed by atoms with Gasteiger partial charge in [-0.25, -0.2) is 0 Å². The van der Waals surface area contributed by atoms with Gasteiger partial charge in [-0.05, 0) is 6.92 Å². The number of carbonyl (C=O) groups is 1. The lowest BCUT2D eigenvalue weighted by atomic mass is 10.3. The zero-order chi connectivity index (χ0) is 9.84. The SMILES string of the molecule is COc1ccnc(C)c1NC(C)=O. The van der Waals surface area contributed by atoms with Crippen molar-refractivity contribution >= 4 is 11.6 Å². The average Bonchev–Trinajstić information content (AvgIpc) is 2.08. The van der Waals surface area contributed by atoms with E-state index >= 15 is 0 Å². The standard InChI is InChI=1S/C9H12N2O2/c1-6-9(11-7(2)12)8(13-3)4-5-10-6/h4-5H,1-3H3,(H,11,12). The summed E-state index contributed by atoms with van der Waals surface area (Å²) in [6, 6.07) is 1.71. The van der Waals surface area contributed by atoms with Crippen LogP contribution >= 0.6 is 0 Å². The van der Waals surface area contributed by atoms with Gasteiger partial charge in [0.15, 0.2) is 0 Å². The Labute approximate surface area is 76.9 Å². The van der Waals surface area contributed by atoms with Gasteiger partial charge in [-0.1, -0.05) is 0 Å². The highest BCUT2D eigenvalue weighted by atomic mass is 16.5. The topological polar surface area (TPSA) is 51.2 Å². The molecule has 0 saturated heterocycles. The molecule has 0 unspecified atom stereocenters. The van der Waals surface area contributed by atoms with E-state index in [4.69, 9.17) is 4.74 Å². The van der Waals surface area contributed by atoms with Crippen molar-refractivity contribution in [2.24, 2.45) is 0 Å². The number of ether oxygens (including phenoxy) is 1. The zero-order valence-corrected chi connectivity index (χ0v) is 7.92. The third kappa shape index (κ3) is 2.18. The highest BCUT2D eigenvalue weighted by molar-refractivity contribution is 5.91. The second-order valence-corrected chi connectivity index (χ2v) is 2.65. The van der Waals surface area contributed by atoms with Gasteiger partial charge in [-0.2, -0.15) is 0 Å². The van der Waals surface area contributed by atoms with Crippen LogP contribution in [-0.4, -0.2) is 18.0 Å². The summed E-state index contributed by atoms with van der Waals surface area (Å²) in [6.45, 7) is 3.26. The van der Waals surface area contributed by atoms with Crippen LogP contribution in [-0.2, 0) is 4.79 Å². The fourth-order valence-corrected chi connectivity index (χ4v) is 1.04. The van der Waals surface area contributed by atoms with Crippen LogP contribution in [0.5, 0.6) is 5.75 Å². The zero-order valence-electron chi connectivity index (χ0n) is 7.92. The number of nitrogens with one attached hydrogen (secondary N) is 1. The summed E-state index contributed by atoms with van der Waals surface area (Å²) in [4.78, 5) is 14.9. The number of hydrogen-bond donors (Lipinski definition) is 1. The number of aryl methyl sites for hydroxylation is 1. The molecule has 0 saturated carbocycles. The molecule has 0 bridgehead atoms. The van der Waals surface area contributed by atoms with Crippen molar-refractivity contribution in [1.29, 1.82) is 0 Å². The summed E-state index contributed by atoms with van der Waals surface area (Å²) in [5.41, 5.74) is 1.38. The summed E-state index contributed by atoms with van der Waals surface area (Å²) in [5, 5.41) is 2.67. The minimum Gasteiger partial charge on any atom is -0.494 e. The normalized spacial score (nSPS) is 9.46. The summed E-state index contributed by atoms with van der Waals surface area (Å²) in [6.07, 6.45) is 1.64. The third-order valence-corrected chi connectivity index (χ3v) is 1.62. The van der Waals surface area contributed by atoms with Crippen molar-refractivity contribution in [3.05, 3.63) is 18.0 Å². The van der Waals surface area contributed by atoms with Gasteiger partial charge in [0.05, 0.1) is 12.8 Å². The highest BCUT2D eigenvalue weighted by Gasteiger charge is 2.07. The molecule has 1 heterocycles. The van der Waals surface area contributed by atoms with Crippen molar-refractivity contribution in [3.8, 4) is 5.75 Å². The van der Waals surface area contributed by atoms with Gasteiger partial charge < -0.3 is 10.1 Å². The molecular weight excluding hydrogens is 168 g/mol. The van der Waals surface area contributed by atoms with E-state index < -0.39 is 0 Å². The summed E-state index contributed by atoms with van der Waals surface area (Å²) < 4.78 is 5.07. The third-order valence-electron chi connectivity index (χ3n) is 1.62. The smallest absolute Gasteiger partial charge is 0.221 e. The van der Waals surface area contributed by atoms with Crippen molar-refractivity contribution < 1.29 is 9.53 Å². The fourth-order valence-electron chi connectivity index (χ4n) is 1.04. The molecule has 1 rings (SSSR count). The Morgan fingerprint density at radius 3 is 2.85 bits per heavy atom. The summed E-state index contributed by atoms with van der Waals surface area (Å²) in [5.74, 6) is 0.497. The summed E-state index contributed by atoms with van der Waals surface area (Å²) >= 11 is 0. The minimum atomic E-state index is -0.130. The van der Waals surface area contributed by atoms with E-state index in [0.717, 1.165) is 5.69 Å². The second-order valence-electron chi connectivity index (χ2n) is 2.65. The van der Waals surface area contributed by atoms with Gasteiger partial charge in [0.1, 0.15) is 11.4 Å². The molecule has 4 nitrogen and oxygen atoms in total. The molecule has 0 spiro atoms. The number of rotatable bonds is 2. The quantitative estimate of drug-likeness (QED) is 0.747. The molecule has 0 atom stereocenters. The molecule has 0 aromatic carbocycles. The Balaban J connectivity index is 3.07. The van der Waals surface area contributed by atoms with Gasteiger partial charge in [0, 0.05) is 19.2 Å². The number of carbonyl (C=O) groups excluding carboxylic acids is 1. The molecule has 0 aliphatic rings. The fraction of sp³-hybridized carbons (Fsp3) is 0.333. The molecule has 70 valence electrons. The van der Waals surface area contributed by atoms with Crippen LogP contribution in [0.15, 0.2) is 12.3 Å². The first-order valence-electron chi connectivity index (χ1n) is 3.92. The Morgan fingerprint density at radius 2 is 2.31 bits per heavy atom. The number of amides is 1. The largest absolute Gasteiger partial charge is 0.494 e. The predicted octanol–water partition coefficient (Wildman–Crippen LogP) is 1.36. The van der Waals surface area contributed by atoms with Crippen LogP contribution in [0.2, 0.25) is 0 Å². The molecule has 0 radical (unpaired) electrons. The Bertz CT molecular complexity index is 323. The van der Waals surface area contributed by atoms with Crippen LogP contribution in [0, 0.1) is 6.92 Å². The number of anilines is 1. The highest BCUT2D eigenvalue weighted by Crippen LogP contribution is 2.25. The lowest BCUT2D eigenvalue weighted by molar-refractivity contribution is -0.114. The molecule has 1 amide bonds. The van der Waals surface area contributed by atoms with E-state index in [9.17, 15) is 4.79 Å². The summed E-state index contributed by atoms with van der Waals surface area (Å²) in [7, 11) is 1.56. The first kappa shape index (κ1) is 9.51. The minimum absolute atomic E-state index is 0.130. The van der Waals surface area contributed by atoms with E-state index in [2.05, 4.69) is 10.3 Å². The van der Waals surface area contributed by atoms with E-state index in [0.29, 0.717) is 11.4 Å². The molecule has 0 fully saturated rings. The maximum Gasteiger partial charge on any atom is 0.221 e. The van der Waals surface area contributed by atoms with Crippen molar-refractivity contribution in [2.75, 3.05) is 12.4 Å². The number of nitrogens with zero attached hydrogens (tertiary/aromatic N) is 1. The Morgan fingerprint density at radius 1 is 1.62 bits per heavy atom. The second kappa shape index (κ2) is 3.89. The molecule has 0 aliphatic heterocycles. The van der Waals surface area contributed by atoms with E-state index in [1.807, 2.05) is 6.92 Å². The predicted molar refractivity (Wildman–Crippen MR) is 49.8 cm³/mol. The molecule has 1 aromatic heterocycles. The number of aromatic nitrogens is 1. The first-order valence-corrected chi connectivity index (χ1v) is 3.92. The number of hydrogen-bond acceptors (Lipinski definition) is 3. The van der Waals surface area contributed by atoms with E-state index in [1.165, 1.54) is 6.92 Å². The van der Waals surface area contributed by atoms with Crippen molar-refractivity contribution in [3.63, 3.8) is 0 Å². The Hall–Kier alpha value is -1.58. The molecule has 0 aliphatic carbocycles. The number of methoxy groups -OCH3 is 1. The van der Waals surface area contributed by atoms with Gasteiger partial charge in [0.2, 0.25) is 5.91 Å². The lowest BCUT2D eigenvalue weighted by Gasteiger charge is -2.09. The van der Waals surface area contributed by atoms with Crippen molar-refractivity contribution in [1.82, 2.24) is 4.98 Å². The van der Waals surface area contributed by atoms with Crippen LogP contribution in [0.3, 0.4) is 0 Å². The maximum absolute atomic E-state index is 10.8. The molecule has 4 heteroatoms. The van der Waals surface area contributed by atoms with E-state index in [-0.39, 0.29) is 5.91 Å². The Kier molecular flexibility index (Phi) is 2.84. The number of pyridine rings is 1. The van der Waals surface area contributed by atoms with Crippen LogP contribution in [0.25, 0.3) is 0 Å². The molecular formula is C9H12N2O2. The van der Waals surface area contributed by atoms with E-state index in [1.54, 1.807) is 19.4 Å². The van der Waals surface area contributed by atoms with Crippen LogP contribution in [0.4, 0.5) is 5.69 Å². The van der Waals surface area contributed by atoms with Gasteiger partial charge in [-0.15, -0.1) is 0 Å². The van der Waals surface area contributed by atoms with Crippen LogP contribution in [0.1, 0.15) is 12.6 Å². The molecule has 1 aromatic rings. The van der Waals surface area contributed by atoms with Gasteiger partial charge in [0.25, 0.3) is 0 Å². The maximum atomic E-state index is 10.8. The van der Waals surface area contributed by atoms with Crippen molar-refractivity contribution in [2.45, 2.75) is 13.8 Å². The molecule has 1 N–H and O–H groups in total. The average molecular weight is 180 g/mol. The van der Waals surface area contributed by atoms with Crippen LogP contribution < -0.4 is 10.1 Å².